The topological polar surface area (TPSA) is 73.2 Å². The van der Waals surface area contributed by atoms with Crippen LogP contribution in [0.5, 0.6) is 0 Å². The molecule has 2 rings (SSSR count). The predicted molar refractivity (Wildman–Crippen MR) is 90.4 cm³/mol. The molecule has 2 aromatic rings. The molecule has 0 unspecified atom stereocenters. The molecule has 23 heavy (non-hydrogen) atoms. The number of esters is 1. The van der Waals surface area contributed by atoms with E-state index in [4.69, 9.17) is 16.3 Å². The molecular formula is C15H15BrClN3O3. The maximum absolute atomic E-state index is 11.8. The van der Waals surface area contributed by atoms with E-state index in [0.29, 0.717) is 10.7 Å². The van der Waals surface area contributed by atoms with Crippen molar-refractivity contribution < 1.29 is 14.3 Å². The highest BCUT2D eigenvalue weighted by Gasteiger charge is 2.12. The van der Waals surface area contributed by atoms with Crippen molar-refractivity contribution in [2.45, 2.75) is 20.4 Å². The lowest BCUT2D eigenvalue weighted by molar-refractivity contribution is -0.148. The molecule has 0 aliphatic heterocycles. The van der Waals surface area contributed by atoms with Gasteiger partial charge in [-0.3, -0.25) is 14.3 Å². The van der Waals surface area contributed by atoms with Gasteiger partial charge in [0, 0.05) is 10.2 Å². The highest BCUT2D eigenvalue weighted by Crippen LogP contribution is 2.25. The largest absolute Gasteiger partial charge is 0.454 e. The van der Waals surface area contributed by atoms with Crippen LogP contribution in [0.1, 0.15) is 11.4 Å². The Balaban J connectivity index is 1.84. The van der Waals surface area contributed by atoms with Crippen molar-refractivity contribution in [1.29, 1.82) is 0 Å². The third kappa shape index (κ3) is 5.07. The van der Waals surface area contributed by atoms with E-state index in [-0.39, 0.29) is 13.2 Å². The molecule has 1 aromatic carbocycles. The summed E-state index contributed by atoms with van der Waals surface area (Å²) in [5, 5.41) is 7.13. The van der Waals surface area contributed by atoms with E-state index in [1.54, 1.807) is 18.2 Å². The Kier molecular flexibility index (Phi) is 5.79. The maximum atomic E-state index is 11.8. The molecule has 1 heterocycles. The number of halogens is 2. The number of anilines is 1. The Morgan fingerprint density at radius 1 is 1.35 bits per heavy atom. The number of benzene rings is 1. The van der Waals surface area contributed by atoms with Gasteiger partial charge in [-0.1, -0.05) is 27.5 Å². The zero-order valence-electron chi connectivity index (χ0n) is 12.6. The first-order valence-electron chi connectivity index (χ1n) is 6.76. The van der Waals surface area contributed by atoms with E-state index in [1.807, 2.05) is 19.9 Å². The second-order valence-corrected chi connectivity index (χ2v) is 6.24. The zero-order valence-corrected chi connectivity index (χ0v) is 14.9. The minimum Gasteiger partial charge on any atom is -0.454 e. The molecule has 0 atom stereocenters. The second kappa shape index (κ2) is 7.61. The van der Waals surface area contributed by atoms with Crippen LogP contribution < -0.4 is 5.32 Å². The summed E-state index contributed by atoms with van der Waals surface area (Å²) in [6.45, 7) is 3.26. The Labute approximate surface area is 146 Å². The van der Waals surface area contributed by atoms with Crippen molar-refractivity contribution in [2.75, 3.05) is 11.9 Å². The minimum atomic E-state index is -0.534. The number of nitrogens with zero attached hydrogens (tertiary/aromatic N) is 2. The Bertz CT molecular complexity index is 746. The molecule has 122 valence electrons. The summed E-state index contributed by atoms with van der Waals surface area (Å²) >= 11 is 9.28. The lowest BCUT2D eigenvalue weighted by Crippen LogP contribution is -2.23. The molecule has 0 saturated carbocycles. The van der Waals surface area contributed by atoms with Crippen molar-refractivity contribution in [3.63, 3.8) is 0 Å². The number of hydrogen-bond donors (Lipinski definition) is 1. The molecule has 0 bridgehead atoms. The van der Waals surface area contributed by atoms with Crippen molar-refractivity contribution in [3.05, 3.63) is 45.1 Å². The van der Waals surface area contributed by atoms with Gasteiger partial charge in [0.2, 0.25) is 0 Å². The first-order chi connectivity index (χ1) is 10.8. The maximum Gasteiger partial charge on any atom is 0.328 e. The van der Waals surface area contributed by atoms with E-state index >= 15 is 0 Å². The van der Waals surface area contributed by atoms with Crippen LogP contribution in [0.25, 0.3) is 0 Å². The summed E-state index contributed by atoms with van der Waals surface area (Å²) in [5.74, 6) is -0.996. The number of aromatic nitrogens is 2. The number of aryl methyl sites for hydroxylation is 2. The lowest BCUT2D eigenvalue weighted by atomic mass is 10.3. The fraction of sp³-hybridized carbons (Fsp3) is 0.267. The number of rotatable bonds is 5. The van der Waals surface area contributed by atoms with Crippen LogP contribution in [0.15, 0.2) is 28.7 Å². The number of amides is 1. The van der Waals surface area contributed by atoms with Gasteiger partial charge < -0.3 is 10.1 Å². The van der Waals surface area contributed by atoms with Crippen LogP contribution >= 0.6 is 27.5 Å². The molecular weight excluding hydrogens is 386 g/mol. The second-order valence-electron chi connectivity index (χ2n) is 4.92. The van der Waals surface area contributed by atoms with Gasteiger partial charge in [0.05, 0.1) is 16.4 Å². The highest BCUT2D eigenvalue weighted by molar-refractivity contribution is 9.10. The van der Waals surface area contributed by atoms with Crippen LogP contribution in [0.4, 0.5) is 5.69 Å². The number of nitrogens with one attached hydrogen (secondary N) is 1. The van der Waals surface area contributed by atoms with Crippen molar-refractivity contribution in [2.24, 2.45) is 0 Å². The van der Waals surface area contributed by atoms with Gasteiger partial charge in [0.15, 0.2) is 6.61 Å². The molecule has 0 spiro atoms. The molecule has 0 saturated heterocycles. The standard InChI is InChI=1S/C15H15BrClN3O3/c1-9-5-10(2)20(19-9)7-15(22)23-8-14(21)18-13-4-3-11(16)6-12(13)17/h3-6H,7-8H2,1-2H3,(H,18,21). The highest BCUT2D eigenvalue weighted by atomic mass is 79.9. The summed E-state index contributed by atoms with van der Waals surface area (Å²) in [4.78, 5) is 23.5. The minimum absolute atomic E-state index is 0.0357. The van der Waals surface area contributed by atoms with Crippen LogP contribution in [-0.4, -0.2) is 28.3 Å². The fourth-order valence-electron chi connectivity index (χ4n) is 1.93. The lowest BCUT2D eigenvalue weighted by Gasteiger charge is -2.09. The van der Waals surface area contributed by atoms with E-state index in [1.165, 1.54) is 4.68 Å². The van der Waals surface area contributed by atoms with Gasteiger partial charge in [-0.05, 0) is 38.1 Å². The Morgan fingerprint density at radius 2 is 2.09 bits per heavy atom. The van der Waals surface area contributed by atoms with Crippen LogP contribution in [0, 0.1) is 13.8 Å². The zero-order chi connectivity index (χ0) is 17.0. The summed E-state index contributed by atoms with van der Waals surface area (Å²) < 4.78 is 7.28. The summed E-state index contributed by atoms with van der Waals surface area (Å²) in [6, 6.07) is 6.92. The Morgan fingerprint density at radius 3 is 2.70 bits per heavy atom. The summed E-state index contributed by atoms with van der Waals surface area (Å²) in [7, 11) is 0. The van der Waals surface area contributed by atoms with Crippen LogP contribution in [0.3, 0.4) is 0 Å². The molecule has 1 amide bonds. The number of hydrogen-bond acceptors (Lipinski definition) is 4. The van der Waals surface area contributed by atoms with E-state index in [9.17, 15) is 9.59 Å². The van der Waals surface area contributed by atoms with Gasteiger partial charge in [0.1, 0.15) is 6.54 Å². The first kappa shape index (κ1) is 17.5. The van der Waals surface area contributed by atoms with E-state index in [2.05, 4.69) is 26.3 Å². The Hall–Kier alpha value is -1.86. The van der Waals surface area contributed by atoms with Gasteiger partial charge in [-0.15, -0.1) is 0 Å². The summed E-state index contributed by atoms with van der Waals surface area (Å²) in [6.07, 6.45) is 0. The number of carbonyl (C=O) groups excluding carboxylic acids is 2. The molecule has 6 nitrogen and oxygen atoms in total. The predicted octanol–water partition coefficient (Wildman–Crippen LogP) is 3.10. The smallest absolute Gasteiger partial charge is 0.328 e. The van der Waals surface area contributed by atoms with Gasteiger partial charge in [0.25, 0.3) is 5.91 Å². The quantitative estimate of drug-likeness (QED) is 0.783. The van der Waals surface area contributed by atoms with Crippen molar-refractivity contribution >= 4 is 45.1 Å². The molecule has 0 aliphatic rings. The molecule has 8 heteroatoms. The SMILES string of the molecule is Cc1cc(C)n(CC(=O)OCC(=O)Nc2ccc(Br)cc2Cl)n1. The normalized spacial score (nSPS) is 10.4. The molecule has 0 fully saturated rings. The number of carbonyl (C=O) groups is 2. The molecule has 0 aliphatic carbocycles. The number of ether oxygens (including phenoxy) is 1. The van der Waals surface area contributed by atoms with Crippen LogP contribution in [0.2, 0.25) is 5.02 Å². The molecule has 0 radical (unpaired) electrons. The first-order valence-corrected chi connectivity index (χ1v) is 7.94. The molecule has 1 N–H and O–H groups in total. The van der Waals surface area contributed by atoms with Gasteiger partial charge >= 0.3 is 5.97 Å². The van der Waals surface area contributed by atoms with Crippen molar-refractivity contribution in [1.82, 2.24) is 9.78 Å². The van der Waals surface area contributed by atoms with Gasteiger partial charge in [-0.25, -0.2) is 0 Å². The average molecular weight is 401 g/mol. The van der Waals surface area contributed by atoms with E-state index < -0.39 is 11.9 Å². The third-order valence-corrected chi connectivity index (χ3v) is 3.76. The van der Waals surface area contributed by atoms with Crippen LogP contribution in [-0.2, 0) is 20.9 Å². The third-order valence-electron chi connectivity index (χ3n) is 2.95. The van der Waals surface area contributed by atoms with Gasteiger partial charge in [-0.2, -0.15) is 5.10 Å². The molecule has 1 aromatic heterocycles. The summed E-state index contributed by atoms with van der Waals surface area (Å²) in [5.41, 5.74) is 2.12. The van der Waals surface area contributed by atoms with Crippen molar-refractivity contribution in [3.8, 4) is 0 Å². The fourth-order valence-corrected chi connectivity index (χ4v) is 2.65. The monoisotopic (exact) mass is 399 g/mol. The average Bonchev–Trinajstić information content (AvgIpc) is 2.78. The van der Waals surface area contributed by atoms with E-state index in [0.717, 1.165) is 15.9 Å².